The molecule has 18 heavy (non-hydrogen) atoms. The van der Waals surface area contributed by atoms with Crippen molar-refractivity contribution in [2.75, 3.05) is 5.32 Å². The molecule has 1 amide bonds. The highest BCUT2D eigenvalue weighted by Crippen LogP contribution is 2.32. The summed E-state index contributed by atoms with van der Waals surface area (Å²) in [6.45, 7) is 1.95. The van der Waals surface area contributed by atoms with Gasteiger partial charge in [0, 0.05) is 10.2 Å². The fraction of sp³-hybridized carbons (Fsp3) is 0.500. The maximum absolute atomic E-state index is 12.0. The predicted octanol–water partition coefficient (Wildman–Crippen LogP) is 3.39. The number of nitrogens with one attached hydrogen (secondary N) is 1. The van der Waals surface area contributed by atoms with Crippen molar-refractivity contribution in [3.05, 3.63) is 28.2 Å². The van der Waals surface area contributed by atoms with Crippen molar-refractivity contribution in [2.24, 2.45) is 0 Å². The summed E-state index contributed by atoms with van der Waals surface area (Å²) in [5.41, 5.74) is 1.03. The van der Waals surface area contributed by atoms with E-state index in [4.69, 9.17) is 0 Å². The van der Waals surface area contributed by atoms with E-state index < -0.39 is 5.60 Å². The number of anilines is 1. The van der Waals surface area contributed by atoms with E-state index in [9.17, 15) is 9.90 Å². The van der Waals surface area contributed by atoms with E-state index in [0.29, 0.717) is 0 Å². The SMILES string of the molecule is Cc1ccc(Br)cc1NC(=O)CC1(O)CCCC1. The van der Waals surface area contributed by atoms with Crippen molar-refractivity contribution < 1.29 is 9.90 Å². The maximum atomic E-state index is 12.0. The molecule has 2 N–H and O–H groups in total. The van der Waals surface area contributed by atoms with Crippen LogP contribution in [0.4, 0.5) is 5.69 Å². The lowest BCUT2D eigenvalue weighted by molar-refractivity contribution is -0.120. The van der Waals surface area contributed by atoms with E-state index in [0.717, 1.165) is 41.4 Å². The van der Waals surface area contributed by atoms with Gasteiger partial charge in [-0.15, -0.1) is 0 Å². The van der Waals surface area contributed by atoms with E-state index in [1.807, 2.05) is 25.1 Å². The number of aliphatic hydroxyl groups is 1. The number of benzene rings is 1. The van der Waals surface area contributed by atoms with Gasteiger partial charge in [0.15, 0.2) is 0 Å². The molecule has 1 aliphatic carbocycles. The van der Waals surface area contributed by atoms with Crippen LogP contribution in [0.2, 0.25) is 0 Å². The monoisotopic (exact) mass is 311 g/mol. The number of halogens is 1. The van der Waals surface area contributed by atoms with Gasteiger partial charge in [0.2, 0.25) is 5.91 Å². The minimum absolute atomic E-state index is 0.111. The second-order valence-electron chi connectivity index (χ2n) is 5.12. The summed E-state index contributed by atoms with van der Waals surface area (Å²) in [5, 5.41) is 13.1. The number of carbonyl (C=O) groups excluding carboxylic acids is 1. The Morgan fingerprint density at radius 2 is 2.11 bits per heavy atom. The Hall–Kier alpha value is -0.870. The minimum atomic E-state index is -0.788. The summed E-state index contributed by atoms with van der Waals surface area (Å²) in [7, 11) is 0. The van der Waals surface area contributed by atoms with Crippen molar-refractivity contribution >= 4 is 27.5 Å². The van der Waals surface area contributed by atoms with Crippen molar-refractivity contribution in [3.8, 4) is 0 Å². The quantitative estimate of drug-likeness (QED) is 0.899. The lowest BCUT2D eigenvalue weighted by atomic mass is 9.97. The van der Waals surface area contributed by atoms with Gasteiger partial charge in [0.25, 0.3) is 0 Å². The van der Waals surface area contributed by atoms with Crippen LogP contribution in [0.15, 0.2) is 22.7 Å². The summed E-state index contributed by atoms with van der Waals surface area (Å²) in [6.07, 6.45) is 3.69. The summed E-state index contributed by atoms with van der Waals surface area (Å²) in [5.74, 6) is -0.111. The molecule has 3 nitrogen and oxygen atoms in total. The third-order valence-corrected chi connectivity index (χ3v) is 3.99. The van der Waals surface area contributed by atoms with Crippen LogP contribution in [-0.2, 0) is 4.79 Å². The van der Waals surface area contributed by atoms with Gasteiger partial charge < -0.3 is 10.4 Å². The number of amides is 1. The largest absolute Gasteiger partial charge is 0.389 e. The minimum Gasteiger partial charge on any atom is -0.389 e. The number of hydrogen-bond acceptors (Lipinski definition) is 2. The molecule has 2 rings (SSSR count). The topological polar surface area (TPSA) is 49.3 Å². The molecule has 1 aromatic carbocycles. The fourth-order valence-electron chi connectivity index (χ4n) is 2.43. The maximum Gasteiger partial charge on any atom is 0.227 e. The number of hydrogen-bond donors (Lipinski definition) is 2. The zero-order valence-electron chi connectivity index (χ0n) is 10.5. The molecule has 1 fully saturated rings. The molecule has 0 aliphatic heterocycles. The highest BCUT2D eigenvalue weighted by Gasteiger charge is 2.33. The van der Waals surface area contributed by atoms with E-state index in [1.54, 1.807) is 0 Å². The van der Waals surface area contributed by atoms with Crippen LogP contribution in [0.25, 0.3) is 0 Å². The molecular weight excluding hydrogens is 294 g/mol. The van der Waals surface area contributed by atoms with E-state index in [2.05, 4.69) is 21.2 Å². The first-order valence-electron chi connectivity index (χ1n) is 6.27. The average Bonchev–Trinajstić information content (AvgIpc) is 2.70. The molecule has 0 aromatic heterocycles. The summed E-state index contributed by atoms with van der Waals surface area (Å²) in [4.78, 5) is 12.0. The Morgan fingerprint density at radius 1 is 1.44 bits per heavy atom. The van der Waals surface area contributed by atoms with Gasteiger partial charge in [-0.1, -0.05) is 34.8 Å². The van der Waals surface area contributed by atoms with Crippen LogP contribution in [0, 0.1) is 6.92 Å². The van der Waals surface area contributed by atoms with Crippen LogP contribution in [0.5, 0.6) is 0 Å². The van der Waals surface area contributed by atoms with E-state index >= 15 is 0 Å². The number of aryl methyl sites for hydroxylation is 1. The molecule has 1 saturated carbocycles. The number of carbonyl (C=O) groups is 1. The van der Waals surface area contributed by atoms with Crippen LogP contribution < -0.4 is 5.32 Å². The van der Waals surface area contributed by atoms with Gasteiger partial charge >= 0.3 is 0 Å². The van der Waals surface area contributed by atoms with Gasteiger partial charge in [0.05, 0.1) is 12.0 Å². The first-order valence-corrected chi connectivity index (χ1v) is 7.06. The van der Waals surface area contributed by atoms with Crippen LogP contribution >= 0.6 is 15.9 Å². The number of rotatable bonds is 3. The van der Waals surface area contributed by atoms with E-state index in [1.165, 1.54) is 0 Å². The van der Waals surface area contributed by atoms with Crippen LogP contribution in [0.1, 0.15) is 37.7 Å². The highest BCUT2D eigenvalue weighted by molar-refractivity contribution is 9.10. The smallest absolute Gasteiger partial charge is 0.227 e. The zero-order chi connectivity index (χ0) is 13.2. The Bertz CT molecular complexity index is 453. The van der Waals surface area contributed by atoms with Crippen LogP contribution in [-0.4, -0.2) is 16.6 Å². The third kappa shape index (κ3) is 3.33. The summed E-state index contributed by atoms with van der Waals surface area (Å²) < 4.78 is 0.933. The lowest BCUT2D eigenvalue weighted by Gasteiger charge is -2.21. The van der Waals surface area contributed by atoms with Crippen molar-refractivity contribution in [1.82, 2.24) is 0 Å². The molecule has 98 valence electrons. The van der Waals surface area contributed by atoms with Gasteiger partial charge in [0.1, 0.15) is 0 Å². The van der Waals surface area contributed by atoms with Crippen molar-refractivity contribution in [1.29, 1.82) is 0 Å². The Labute approximate surface area is 116 Å². The molecule has 0 bridgehead atoms. The summed E-state index contributed by atoms with van der Waals surface area (Å²) >= 11 is 3.38. The van der Waals surface area contributed by atoms with Crippen molar-refractivity contribution in [3.63, 3.8) is 0 Å². The zero-order valence-corrected chi connectivity index (χ0v) is 12.1. The van der Waals surface area contributed by atoms with Crippen molar-refractivity contribution in [2.45, 2.75) is 44.6 Å². The average molecular weight is 312 g/mol. The second-order valence-corrected chi connectivity index (χ2v) is 6.03. The van der Waals surface area contributed by atoms with Gasteiger partial charge in [-0.2, -0.15) is 0 Å². The first-order chi connectivity index (χ1) is 8.48. The molecule has 0 atom stereocenters. The Kier molecular flexibility index (Phi) is 4.07. The molecule has 1 aliphatic rings. The summed E-state index contributed by atoms with van der Waals surface area (Å²) in [6, 6.07) is 5.77. The lowest BCUT2D eigenvalue weighted by Crippen LogP contribution is -2.30. The molecule has 0 radical (unpaired) electrons. The normalized spacial score (nSPS) is 17.7. The molecule has 0 unspecified atom stereocenters. The van der Waals surface area contributed by atoms with Gasteiger partial charge in [-0.05, 0) is 37.5 Å². The molecule has 1 aromatic rings. The fourth-order valence-corrected chi connectivity index (χ4v) is 2.79. The van der Waals surface area contributed by atoms with Crippen LogP contribution in [0.3, 0.4) is 0 Å². The van der Waals surface area contributed by atoms with E-state index in [-0.39, 0.29) is 12.3 Å². The second kappa shape index (κ2) is 5.41. The Morgan fingerprint density at radius 3 is 2.78 bits per heavy atom. The molecule has 4 heteroatoms. The first kappa shape index (κ1) is 13.6. The van der Waals surface area contributed by atoms with Gasteiger partial charge in [-0.25, -0.2) is 0 Å². The molecule has 0 heterocycles. The molecular formula is C14H18BrNO2. The third-order valence-electron chi connectivity index (χ3n) is 3.50. The molecule has 0 saturated heterocycles. The Balaban J connectivity index is 2.00. The standard InChI is InChI=1S/C14H18BrNO2/c1-10-4-5-11(15)8-12(10)16-13(17)9-14(18)6-2-3-7-14/h4-5,8,18H,2-3,6-7,9H2,1H3,(H,16,17). The highest BCUT2D eigenvalue weighted by atomic mass is 79.9. The molecule has 0 spiro atoms. The predicted molar refractivity (Wildman–Crippen MR) is 75.5 cm³/mol. The van der Waals surface area contributed by atoms with Gasteiger partial charge in [-0.3, -0.25) is 4.79 Å².